The maximum absolute atomic E-state index is 13.1. The van der Waals surface area contributed by atoms with Gasteiger partial charge < -0.3 is 15.1 Å². The van der Waals surface area contributed by atoms with Crippen LogP contribution in [0.5, 0.6) is 0 Å². The van der Waals surface area contributed by atoms with Gasteiger partial charge in [0.1, 0.15) is 0 Å². The van der Waals surface area contributed by atoms with Gasteiger partial charge in [-0.15, -0.1) is 0 Å². The Kier molecular flexibility index (Phi) is 6.67. The molecule has 7 nitrogen and oxygen atoms in total. The zero-order valence-electron chi connectivity index (χ0n) is 16.8. The first-order chi connectivity index (χ1) is 13.5. The summed E-state index contributed by atoms with van der Waals surface area (Å²) >= 11 is 0. The first kappa shape index (κ1) is 20.3. The average molecular weight is 386 g/mol. The van der Waals surface area contributed by atoms with Crippen LogP contribution >= 0.6 is 0 Å². The molecule has 0 unspecified atom stereocenters. The fourth-order valence-corrected chi connectivity index (χ4v) is 3.47. The van der Waals surface area contributed by atoms with Crippen LogP contribution in [0.3, 0.4) is 0 Å². The van der Waals surface area contributed by atoms with E-state index in [1.54, 1.807) is 18.0 Å². The van der Waals surface area contributed by atoms with Crippen molar-refractivity contribution in [3.8, 4) is 0 Å². The molecule has 3 amide bonds. The Hall–Kier alpha value is -2.41. The molecule has 3 rings (SSSR count). The minimum atomic E-state index is -0.0545. The third-order valence-corrected chi connectivity index (χ3v) is 5.35. The van der Waals surface area contributed by atoms with Gasteiger partial charge in [0.25, 0.3) is 5.91 Å². The highest BCUT2D eigenvalue weighted by atomic mass is 16.2. The van der Waals surface area contributed by atoms with Crippen molar-refractivity contribution in [1.82, 2.24) is 15.1 Å². The van der Waals surface area contributed by atoms with Gasteiger partial charge in [-0.3, -0.25) is 19.3 Å². The van der Waals surface area contributed by atoms with Crippen LogP contribution in [0.2, 0.25) is 0 Å². The van der Waals surface area contributed by atoms with E-state index in [2.05, 4.69) is 10.2 Å². The molecule has 28 heavy (non-hydrogen) atoms. The van der Waals surface area contributed by atoms with Gasteiger partial charge in [-0.2, -0.15) is 0 Å². The van der Waals surface area contributed by atoms with E-state index in [0.717, 1.165) is 19.3 Å². The Labute approximate surface area is 166 Å². The summed E-state index contributed by atoms with van der Waals surface area (Å²) in [7, 11) is 1.75. The van der Waals surface area contributed by atoms with Gasteiger partial charge >= 0.3 is 0 Å². The second kappa shape index (κ2) is 9.19. The van der Waals surface area contributed by atoms with Crippen molar-refractivity contribution < 1.29 is 14.4 Å². The minimum absolute atomic E-state index is 0.0344. The van der Waals surface area contributed by atoms with Crippen molar-refractivity contribution in [2.24, 2.45) is 5.92 Å². The largest absolute Gasteiger partial charge is 0.355 e. The summed E-state index contributed by atoms with van der Waals surface area (Å²) in [5.41, 5.74) is 1.24. The molecular formula is C21H30N4O3. The molecule has 1 heterocycles. The number of benzene rings is 1. The van der Waals surface area contributed by atoms with Gasteiger partial charge in [0.15, 0.2) is 0 Å². The molecule has 0 spiro atoms. The zero-order valence-corrected chi connectivity index (χ0v) is 16.8. The van der Waals surface area contributed by atoms with Crippen LogP contribution in [-0.4, -0.2) is 73.8 Å². The van der Waals surface area contributed by atoms with Gasteiger partial charge in [-0.1, -0.05) is 19.1 Å². The van der Waals surface area contributed by atoms with Gasteiger partial charge in [-0.25, -0.2) is 0 Å². The highest BCUT2D eigenvalue weighted by Gasteiger charge is 2.34. The van der Waals surface area contributed by atoms with Crippen LogP contribution in [0.1, 0.15) is 36.5 Å². The molecule has 1 aliphatic carbocycles. The summed E-state index contributed by atoms with van der Waals surface area (Å²) in [4.78, 5) is 42.9. The number of carbonyl (C=O) groups is 3. The Morgan fingerprint density at radius 2 is 1.79 bits per heavy atom. The minimum Gasteiger partial charge on any atom is -0.355 e. The molecule has 0 bridgehead atoms. The second-order valence-corrected chi connectivity index (χ2v) is 7.61. The molecule has 152 valence electrons. The normalized spacial score (nSPS) is 17.3. The molecule has 2 aliphatic rings. The monoisotopic (exact) mass is 386 g/mol. The van der Waals surface area contributed by atoms with E-state index in [-0.39, 0.29) is 23.6 Å². The van der Waals surface area contributed by atoms with E-state index in [0.29, 0.717) is 50.5 Å². The number of carbonyl (C=O) groups excluding carboxylic acids is 3. The van der Waals surface area contributed by atoms with E-state index >= 15 is 0 Å². The van der Waals surface area contributed by atoms with Crippen LogP contribution in [0.4, 0.5) is 5.69 Å². The zero-order chi connectivity index (χ0) is 20.1. The first-order valence-electron chi connectivity index (χ1n) is 10.2. The van der Waals surface area contributed by atoms with Gasteiger partial charge in [0.2, 0.25) is 11.8 Å². The smallest absolute Gasteiger partial charge is 0.256 e. The Morgan fingerprint density at radius 3 is 2.43 bits per heavy atom. The molecule has 1 aromatic rings. The number of rotatable bonds is 7. The molecular weight excluding hydrogens is 356 g/mol. The molecule has 0 radical (unpaired) electrons. The van der Waals surface area contributed by atoms with Crippen LogP contribution in [-0.2, 0) is 9.59 Å². The number of nitrogens with one attached hydrogen (secondary N) is 1. The Balaban J connectivity index is 1.59. The van der Waals surface area contributed by atoms with Crippen molar-refractivity contribution in [2.45, 2.75) is 26.2 Å². The van der Waals surface area contributed by atoms with Gasteiger partial charge in [0.05, 0.1) is 17.8 Å². The quantitative estimate of drug-likeness (QED) is 0.768. The lowest BCUT2D eigenvalue weighted by Crippen LogP contribution is -2.51. The van der Waals surface area contributed by atoms with Crippen molar-refractivity contribution in [2.75, 3.05) is 51.2 Å². The average Bonchev–Trinajstić information content (AvgIpc) is 3.56. The molecule has 1 aliphatic heterocycles. The van der Waals surface area contributed by atoms with Crippen molar-refractivity contribution in [1.29, 1.82) is 0 Å². The van der Waals surface area contributed by atoms with Crippen LogP contribution < -0.4 is 10.2 Å². The number of piperazine rings is 1. The summed E-state index contributed by atoms with van der Waals surface area (Å²) in [5, 5.41) is 2.89. The lowest BCUT2D eigenvalue weighted by Gasteiger charge is -2.35. The summed E-state index contributed by atoms with van der Waals surface area (Å²) in [5.74, 6) is 0.173. The molecule has 1 N–H and O–H groups in total. The molecule has 1 saturated carbocycles. The molecule has 1 aromatic carbocycles. The Morgan fingerprint density at radius 1 is 1.11 bits per heavy atom. The predicted molar refractivity (Wildman–Crippen MR) is 108 cm³/mol. The third-order valence-electron chi connectivity index (χ3n) is 5.35. The third kappa shape index (κ3) is 4.90. The SMILES string of the molecule is CCCNC(=O)CN1CCN(C(=O)c2ccccc2N(C)C(=O)C2CC2)CC1. The van der Waals surface area contributed by atoms with Crippen LogP contribution in [0.15, 0.2) is 24.3 Å². The highest BCUT2D eigenvalue weighted by Crippen LogP contribution is 2.33. The van der Waals surface area contributed by atoms with Crippen LogP contribution in [0.25, 0.3) is 0 Å². The lowest BCUT2D eigenvalue weighted by molar-refractivity contribution is -0.122. The molecule has 1 saturated heterocycles. The van der Waals surface area contributed by atoms with Gasteiger partial charge in [-0.05, 0) is 31.4 Å². The summed E-state index contributed by atoms with van der Waals surface area (Å²) in [6.07, 6.45) is 2.80. The number of hydrogen-bond donors (Lipinski definition) is 1. The van der Waals surface area contributed by atoms with E-state index in [9.17, 15) is 14.4 Å². The molecule has 0 aromatic heterocycles. The number of amides is 3. The lowest BCUT2D eigenvalue weighted by atomic mass is 10.1. The predicted octanol–water partition coefficient (Wildman–Crippen LogP) is 1.34. The maximum atomic E-state index is 13.1. The van der Waals surface area contributed by atoms with E-state index in [4.69, 9.17) is 0 Å². The van der Waals surface area contributed by atoms with Crippen LogP contribution in [0, 0.1) is 5.92 Å². The highest BCUT2D eigenvalue weighted by molar-refractivity contribution is 6.05. The second-order valence-electron chi connectivity index (χ2n) is 7.61. The number of anilines is 1. The van der Waals surface area contributed by atoms with Gasteiger partial charge in [0, 0.05) is 45.7 Å². The summed E-state index contributed by atoms with van der Waals surface area (Å²) < 4.78 is 0. The fourth-order valence-electron chi connectivity index (χ4n) is 3.47. The Bertz CT molecular complexity index is 724. The first-order valence-corrected chi connectivity index (χ1v) is 10.2. The van der Waals surface area contributed by atoms with Crippen molar-refractivity contribution >= 4 is 23.4 Å². The molecule has 2 fully saturated rings. The number of para-hydroxylation sites is 1. The van der Waals surface area contributed by atoms with E-state index in [1.807, 2.05) is 30.0 Å². The standard InChI is InChI=1S/C21H30N4O3/c1-3-10-22-19(26)15-24-11-13-25(14-12-24)21(28)17-6-4-5-7-18(17)23(2)20(27)16-8-9-16/h4-7,16H,3,8-15H2,1-2H3,(H,22,26). The van der Waals surface area contributed by atoms with Crippen molar-refractivity contribution in [3.63, 3.8) is 0 Å². The van der Waals surface area contributed by atoms with E-state index < -0.39 is 0 Å². The number of nitrogens with zero attached hydrogens (tertiary/aromatic N) is 3. The van der Waals surface area contributed by atoms with Crippen molar-refractivity contribution in [3.05, 3.63) is 29.8 Å². The molecule has 7 heteroatoms. The number of hydrogen-bond acceptors (Lipinski definition) is 4. The topological polar surface area (TPSA) is 73.0 Å². The maximum Gasteiger partial charge on any atom is 0.256 e. The van der Waals surface area contributed by atoms with E-state index in [1.165, 1.54) is 0 Å². The summed E-state index contributed by atoms with van der Waals surface area (Å²) in [6.45, 7) is 5.59. The fraction of sp³-hybridized carbons (Fsp3) is 0.571. The summed E-state index contributed by atoms with van der Waals surface area (Å²) in [6, 6.07) is 7.32. The molecule has 0 atom stereocenters.